The van der Waals surface area contributed by atoms with Gasteiger partial charge in [0.1, 0.15) is 6.29 Å². The minimum Gasteiger partial charge on any atom is -0.396 e. The number of carbonyl (C=O) groups is 2. The lowest BCUT2D eigenvalue weighted by Crippen LogP contribution is -2.27. The number of phosphoric ester groups is 1. The lowest BCUT2D eigenvalue weighted by molar-refractivity contribution is -0.121. The van der Waals surface area contributed by atoms with Gasteiger partial charge in [-0.05, 0) is 26.3 Å². The van der Waals surface area contributed by atoms with Gasteiger partial charge in [-0.25, -0.2) is 4.57 Å². The Balaban J connectivity index is 3.80. The molecule has 1 amide bonds. The first-order valence-corrected chi connectivity index (χ1v) is 9.88. The van der Waals surface area contributed by atoms with E-state index < -0.39 is 7.82 Å². The summed E-state index contributed by atoms with van der Waals surface area (Å²) in [6, 6.07) is 0. The molecule has 0 aromatic carbocycles. The third kappa shape index (κ3) is 13.1. The third-order valence-corrected chi connectivity index (χ3v) is 4.66. The largest absolute Gasteiger partial charge is 0.471 e. The molecule has 9 nitrogen and oxygen atoms in total. The van der Waals surface area contributed by atoms with Crippen LogP contribution >= 0.6 is 7.82 Å². The van der Waals surface area contributed by atoms with Crippen molar-refractivity contribution in [1.29, 1.82) is 0 Å². The van der Waals surface area contributed by atoms with Crippen molar-refractivity contribution in [3.8, 4) is 0 Å². The van der Waals surface area contributed by atoms with Crippen LogP contribution in [0.2, 0.25) is 0 Å². The molecular formula is C15H31N2O7P. The second-order valence-corrected chi connectivity index (χ2v) is 7.39. The zero-order valence-electron chi connectivity index (χ0n) is 15.0. The lowest BCUT2D eigenvalue weighted by atomic mass is 10.0. The minimum absolute atomic E-state index is 0.0664. The number of unbranched alkanes of at least 4 members (excludes halogenated alkanes) is 1. The van der Waals surface area contributed by atoms with Crippen LogP contribution in [0.4, 0.5) is 0 Å². The molecule has 148 valence electrons. The van der Waals surface area contributed by atoms with E-state index in [2.05, 4.69) is 15.2 Å². The Hall–Kier alpha value is -0.830. The van der Waals surface area contributed by atoms with E-state index in [0.717, 1.165) is 26.2 Å². The Labute approximate surface area is 149 Å². The van der Waals surface area contributed by atoms with Crippen LogP contribution in [0.1, 0.15) is 32.1 Å². The highest BCUT2D eigenvalue weighted by Gasteiger charge is 2.20. The molecule has 0 aromatic heterocycles. The molecule has 0 fully saturated rings. The Bertz CT molecular complexity index is 423. The molecule has 0 aliphatic heterocycles. The first kappa shape index (κ1) is 24.2. The van der Waals surface area contributed by atoms with Crippen LogP contribution in [0.5, 0.6) is 0 Å². The molecule has 0 aliphatic rings. The summed E-state index contributed by atoms with van der Waals surface area (Å²) in [6.45, 7) is 0.842. The van der Waals surface area contributed by atoms with E-state index in [1.165, 1.54) is 0 Å². The molecule has 4 N–H and O–H groups in total. The maximum Gasteiger partial charge on any atom is 0.471 e. The summed E-state index contributed by atoms with van der Waals surface area (Å²) in [5.74, 6) is -0.511. The number of rotatable bonds is 16. The standard InChI is InChI=1S/C15H31N2O7P/c1-16-9-13(10-18)6-7-15(20)17-8-4-3-5-14(11-19)12-24-25(21,22)23-2/h10,13-14,16,19H,3-9,11-12H2,1-2H3,(H,17,20)(H,21,22). The number of hydrogen-bond donors (Lipinski definition) is 4. The molecule has 25 heavy (non-hydrogen) atoms. The number of aldehydes is 1. The summed E-state index contributed by atoms with van der Waals surface area (Å²) in [6.07, 6.45) is 3.73. The molecule has 3 atom stereocenters. The topological polar surface area (TPSA) is 134 Å². The van der Waals surface area contributed by atoms with Gasteiger partial charge in [-0.15, -0.1) is 0 Å². The number of hydrogen-bond acceptors (Lipinski definition) is 7. The molecule has 10 heteroatoms. The van der Waals surface area contributed by atoms with Gasteiger partial charge in [-0.2, -0.15) is 0 Å². The van der Waals surface area contributed by atoms with Crippen LogP contribution in [0, 0.1) is 11.8 Å². The normalized spacial score (nSPS) is 16.0. The van der Waals surface area contributed by atoms with Crippen molar-refractivity contribution in [3.63, 3.8) is 0 Å². The zero-order chi connectivity index (χ0) is 19.1. The van der Waals surface area contributed by atoms with E-state index in [-0.39, 0.29) is 31.0 Å². The molecule has 0 bridgehead atoms. The van der Waals surface area contributed by atoms with Gasteiger partial charge in [0.15, 0.2) is 0 Å². The van der Waals surface area contributed by atoms with Crippen molar-refractivity contribution in [2.75, 3.05) is 40.5 Å². The predicted molar refractivity (Wildman–Crippen MR) is 92.9 cm³/mol. The highest BCUT2D eigenvalue weighted by molar-refractivity contribution is 7.47. The van der Waals surface area contributed by atoms with Crippen LogP contribution < -0.4 is 10.6 Å². The summed E-state index contributed by atoms with van der Waals surface area (Å²) in [5, 5.41) is 14.9. The highest BCUT2D eigenvalue weighted by Crippen LogP contribution is 2.42. The van der Waals surface area contributed by atoms with Gasteiger partial charge in [0.25, 0.3) is 0 Å². The van der Waals surface area contributed by atoms with Crippen LogP contribution in [0.15, 0.2) is 0 Å². The van der Waals surface area contributed by atoms with E-state index >= 15 is 0 Å². The van der Waals surface area contributed by atoms with E-state index in [1.807, 2.05) is 0 Å². The smallest absolute Gasteiger partial charge is 0.396 e. The Morgan fingerprint density at radius 3 is 2.60 bits per heavy atom. The van der Waals surface area contributed by atoms with Gasteiger partial charge >= 0.3 is 7.82 Å². The number of nitrogens with one attached hydrogen (secondary N) is 2. The summed E-state index contributed by atoms with van der Waals surface area (Å²) in [7, 11) is -1.18. The Kier molecular flexibility index (Phi) is 13.9. The second kappa shape index (κ2) is 14.4. The van der Waals surface area contributed by atoms with Crippen molar-refractivity contribution in [1.82, 2.24) is 10.6 Å². The second-order valence-electron chi connectivity index (χ2n) is 5.83. The van der Waals surface area contributed by atoms with E-state index in [0.29, 0.717) is 32.4 Å². The first-order valence-electron chi connectivity index (χ1n) is 8.39. The average molecular weight is 382 g/mol. The summed E-state index contributed by atoms with van der Waals surface area (Å²) in [4.78, 5) is 31.6. The number of aliphatic hydroxyl groups excluding tert-OH is 1. The number of amides is 1. The molecular weight excluding hydrogens is 351 g/mol. The molecule has 0 aromatic rings. The molecule has 0 spiro atoms. The van der Waals surface area contributed by atoms with Gasteiger partial charge < -0.3 is 25.4 Å². The van der Waals surface area contributed by atoms with Gasteiger partial charge in [0.05, 0.1) is 6.61 Å². The lowest BCUT2D eigenvalue weighted by Gasteiger charge is -2.16. The number of phosphoric acid groups is 1. The fourth-order valence-electron chi connectivity index (χ4n) is 2.15. The maximum absolute atomic E-state index is 11.7. The maximum atomic E-state index is 11.7. The van der Waals surface area contributed by atoms with E-state index in [4.69, 9.17) is 9.42 Å². The van der Waals surface area contributed by atoms with Gasteiger partial charge in [0.2, 0.25) is 5.91 Å². The zero-order valence-corrected chi connectivity index (χ0v) is 15.9. The molecule has 0 saturated carbocycles. The van der Waals surface area contributed by atoms with E-state index in [9.17, 15) is 19.3 Å². The van der Waals surface area contributed by atoms with Crippen molar-refractivity contribution in [3.05, 3.63) is 0 Å². The molecule has 3 unspecified atom stereocenters. The summed E-state index contributed by atoms with van der Waals surface area (Å²) >= 11 is 0. The average Bonchev–Trinajstić information content (AvgIpc) is 2.60. The Morgan fingerprint density at radius 1 is 1.32 bits per heavy atom. The SMILES string of the molecule is CNCC(C=O)CCC(=O)NCCCCC(CO)COP(=O)(O)OC. The van der Waals surface area contributed by atoms with Gasteiger partial charge in [-0.3, -0.25) is 13.8 Å². The fraction of sp³-hybridized carbons (Fsp3) is 0.867. The quantitative estimate of drug-likeness (QED) is 0.172. The van der Waals surface area contributed by atoms with Crippen LogP contribution in [0.25, 0.3) is 0 Å². The summed E-state index contributed by atoms with van der Waals surface area (Å²) in [5.41, 5.74) is 0. The van der Waals surface area contributed by atoms with Crippen molar-refractivity contribution in [2.45, 2.75) is 32.1 Å². The van der Waals surface area contributed by atoms with Gasteiger partial charge in [0, 0.05) is 45.1 Å². The molecule has 0 saturated heterocycles. The van der Waals surface area contributed by atoms with Crippen molar-refractivity contribution < 1.29 is 33.2 Å². The molecule has 0 aliphatic carbocycles. The molecule has 0 rings (SSSR count). The van der Waals surface area contributed by atoms with Crippen molar-refractivity contribution >= 4 is 20.0 Å². The highest BCUT2D eigenvalue weighted by atomic mass is 31.2. The minimum atomic E-state index is -4.02. The van der Waals surface area contributed by atoms with Crippen LogP contribution in [-0.4, -0.2) is 62.7 Å². The monoisotopic (exact) mass is 382 g/mol. The Morgan fingerprint density at radius 2 is 2.04 bits per heavy atom. The summed E-state index contributed by atoms with van der Waals surface area (Å²) < 4.78 is 20.2. The predicted octanol–water partition coefficient (Wildman–Crippen LogP) is 0.460. The molecule has 0 radical (unpaired) electrons. The fourth-order valence-corrected chi connectivity index (χ4v) is 2.66. The number of aliphatic hydroxyl groups is 1. The number of carbonyl (C=O) groups excluding carboxylic acids is 2. The van der Waals surface area contributed by atoms with Crippen LogP contribution in [0.3, 0.4) is 0 Å². The van der Waals surface area contributed by atoms with Crippen LogP contribution in [-0.2, 0) is 23.2 Å². The first-order chi connectivity index (χ1) is 11.9. The van der Waals surface area contributed by atoms with E-state index in [1.54, 1.807) is 7.05 Å². The van der Waals surface area contributed by atoms with Gasteiger partial charge in [-0.1, -0.05) is 6.42 Å². The third-order valence-electron chi connectivity index (χ3n) is 3.72. The molecule has 0 heterocycles. The van der Waals surface area contributed by atoms with Crippen molar-refractivity contribution in [2.24, 2.45) is 11.8 Å².